The fourth-order valence-electron chi connectivity index (χ4n) is 2.30. The number of imidazole rings is 1. The van der Waals surface area contributed by atoms with Gasteiger partial charge in [-0.05, 0) is 6.92 Å². The Kier molecular flexibility index (Phi) is 3.28. The molecule has 3 aromatic heterocycles. The van der Waals surface area contributed by atoms with Crippen LogP contribution < -0.4 is 0 Å². The molecular formula is C12H14ClN5S. The highest BCUT2D eigenvalue weighted by Crippen LogP contribution is 2.20. The van der Waals surface area contributed by atoms with Crippen molar-refractivity contribution >= 4 is 34.1 Å². The van der Waals surface area contributed by atoms with Crippen LogP contribution in [-0.4, -0.2) is 24.3 Å². The fourth-order valence-corrected chi connectivity index (χ4v) is 3.10. The zero-order valence-electron chi connectivity index (χ0n) is 10.8. The molecule has 5 nitrogen and oxygen atoms in total. The highest BCUT2D eigenvalue weighted by atomic mass is 35.5. The van der Waals surface area contributed by atoms with Gasteiger partial charge in [0.15, 0.2) is 5.65 Å². The van der Waals surface area contributed by atoms with Crippen molar-refractivity contribution in [3.63, 3.8) is 0 Å². The van der Waals surface area contributed by atoms with E-state index in [1.165, 1.54) is 0 Å². The standard InChI is InChI=1S/C12H14ClN5S/c1-8-11-12(17(2)16-8)18(10(5-13)15-11)4-3-9-6-19-7-14-9/h6-7H,3-5H2,1-2H3. The molecule has 0 aliphatic rings. The molecule has 0 N–H and O–H groups in total. The van der Waals surface area contributed by atoms with Crippen LogP contribution in [0.3, 0.4) is 0 Å². The van der Waals surface area contributed by atoms with Crippen molar-refractivity contribution in [3.8, 4) is 0 Å². The minimum absolute atomic E-state index is 0.408. The van der Waals surface area contributed by atoms with Gasteiger partial charge in [0.25, 0.3) is 0 Å². The van der Waals surface area contributed by atoms with Crippen molar-refractivity contribution in [1.29, 1.82) is 0 Å². The largest absolute Gasteiger partial charge is 0.311 e. The molecule has 7 heteroatoms. The van der Waals surface area contributed by atoms with Crippen molar-refractivity contribution < 1.29 is 0 Å². The summed E-state index contributed by atoms with van der Waals surface area (Å²) in [6, 6.07) is 0. The zero-order chi connectivity index (χ0) is 13.4. The highest BCUT2D eigenvalue weighted by Gasteiger charge is 2.16. The Balaban J connectivity index is 2.00. The molecule has 0 atom stereocenters. The van der Waals surface area contributed by atoms with Crippen LogP contribution >= 0.6 is 22.9 Å². The molecular weight excluding hydrogens is 282 g/mol. The van der Waals surface area contributed by atoms with Gasteiger partial charge in [0, 0.05) is 25.4 Å². The van der Waals surface area contributed by atoms with Gasteiger partial charge in [-0.15, -0.1) is 22.9 Å². The van der Waals surface area contributed by atoms with Gasteiger partial charge in [-0.25, -0.2) is 9.97 Å². The molecule has 3 heterocycles. The molecule has 0 bridgehead atoms. The molecule has 100 valence electrons. The Morgan fingerprint density at radius 3 is 2.95 bits per heavy atom. The van der Waals surface area contributed by atoms with Crippen molar-refractivity contribution in [2.75, 3.05) is 0 Å². The van der Waals surface area contributed by atoms with E-state index in [-0.39, 0.29) is 0 Å². The highest BCUT2D eigenvalue weighted by molar-refractivity contribution is 7.07. The lowest BCUT2D eigenvalue weighted by atomic mass is 10.3. The van der Waals surface area contributed by atoms with Crippen LogP contribution in [0.4, 0.5) is 0 Å². The fraction of sp³-hybridized carbons (Fsp3) is 0.417. The van der Waals surface area contributed by atoms with Crippen molar-refractivity contribution in [2.45, 2.75) is 25.8 Å². The number of aromatic nitrogens is 5. The van der Waals surface area contributed by atoms with Gasteiger partial charge in [-0.2, -0.15) is 5.10 Å². The third kappa shape index (κ3) is 2.15. The minimum Gasteiger partial charge on any atom is -0.311 e. The van der Waals surface area contributed by atoms with E-state index in [0.29, 0.717) is 5.88 Å². The first-order chi connectivity index (χ1) is 9.20. The van der Waals surface area contributed by atoms with Crippen LogP contribution in [0.2, 0.25) is 0 Å². The number of rotatable bonds is 4. The summed E-state index contributed by atoms with van der Waals surface area (Å²) in [6.45, 7) is 2.79. The lowest BCUT2D eigenvalue weighted by molar-refractivity contribution is 0.646. The molecule has 0 saturated heterocycles. The second kappa shape index (κ2) is 4.94. The smallest absolute Gasteiger partial charge is 0.158 e. The second-order valence-corrected chi connectivity index (χ2v) is 5.41. The number of hydrogen-bond donors (Lipinski definition) is 0. The molecule has 3 aromatic rings. The second-order valence-electron chi connectivity index (χ2n) is 4.42. The van der Waals surface area contributed by atoms with Gasteiger partial charge < -0.3 is 4.57 Å². The van der Waals surface area contributed by atoms with E-state index < -0.39 is 0 Å². The summed E-state index contributed by atoms with van der Waals surface area (Å²) in [5.74, 6) is 1.30. The van der Waals surface area contributed by atoms with Crippen molar-refractivity contribution in [1.82, 2.24) is 24.3 Å². The van der Waals surface area contributed by atoms with E-state index >= 15 is 0 Å². The Labute approximate surface area is 119 Å². The molecule has 0 fully saturated rings. The van der Waals surface area contributed by atoms with E-state index in [1.54, 1.807) is 11.3 Å². The first-order valence-corrected chi connectivity index (χ1v) is 7.50. The summed E-state index contributed by atoms with van der Waals surface area (Å²) in [4.78, 5) is 8.89. The minimum atomic E-state index is 0.408. The van der Waals surface area contributed by atoms with Gasteiger partial charge >= 0.3 is 0 Å². The van der Waals surface area contributed by atoms with Crippen LogP contribution in [0.15, 0.2) is 10.9 Å². The lowest BCUT2D eigenvalue weighted by Gasteiger charge is -2.06. The topological polar surface area (TPSA) is 48.5 Å². The average molecular weight is 296 g/mol. The molecule has 0 aliphatic heterocycles. The van der Waals surface area contributed by atoms with Gasteiger partial charge in [0.05, 0.1) is 22.8 Å². The summed E-state index contributed by atoms with van der Waals surface area (Å²) in [7, 11) is 1.94. The van der Waals surface area contributed by atoms with Crippen molar-refractivity contribution in [2.24, 2.45) is 7.05 Å². The third-order valence-corrected chi connectivity index (χ3v) is 4.04. The number of halogens is 1. The molecule has 0 amide bonds. The third-order valence-electron chi connectivity index (χ3n) is 3.16. The molecule has 0 radical (unpaired) electrons. The summed E-state index contributed by atoms with van der Waals surface area (Å²) in [5.41, 5.74) is 5.87. The number of fused-ring (bicyclic) bond motifs is 1. The number of hydrogen-bond acceptors (Lipinski definition) is 4. The van der Waals surface area contributed by atoms with Gasteiger partial charge in [-0.1, -0.05) is 0 Å². The monoisotopic (exact) mass is 295 g/mol. The summed E-state index contributed by atoms with van der Waals surface area (Å²) < 4.78 is 4.01. The number of aryl methyl sites for hydroxylation is 4. The van der Waals surface area contributed by atoms with Crippen LogP contribution in [0.5, 0.6) is 0 Å². The van der Waals surface area contributed by atoms with Crippen LogP contribution in [-0.2, 0) is 25.9 Å². The van der Waals surface area contributed by atoms with Crippen LogP contribution in [0.1, 0.15) is 17.2 Å². The molecule has 0 aromatic carbocycles. The molecule has 19 heavy (non-hydrogen) atoms. The van der Waals surface area contributed by atoms with E-state index in [2.05, 4.69) is 25.0 Å². The number of nitrogens with zero attached hydrogens (tertiary/aromatic N) is 5. The average Bonchev–Trinajstić information content (AvgIpc) is 3.07. The SMILES string of the molecule is Cc1nn(C)c2c1nc(CCl)n2CCc1cscn1. The maximum absolute atomic E-state index is 6.00. The first-order valence-electron chi connectivity index (χ1n) is 6.02. The van der Waals surface area contributed by atoms with Crippen LogP contribution in [0.25, 0.3) is 11.2 Å². The van der Waals surface area contributed by atoms with Crippen LogP contribution in [0, 0.1) is 6.92 Å². The lowest BCUT2D eigenvalue weighted by Crippen LogP contribution is -2.08. The summed E-state index contributed by atoms with van der Waals surface area (Å²) in [6.07, 6.45) is 0.878. The predicted molar refractivity (Wildman–Crippen MR) is 76.6 cm³/mol. The van der Waals surface area contributed by atoms with E-state index in [4.69, 9.17) is 11.6 Å². The molecule has 0 spiro atoms. The molecule has 0 aliphatic carbocycles. The van der Waals surface area contributed by atoms with Gasteiger partial charge in [-0.3, -0.25) is 4.68 Å². The van der Waals surface area contributed by atoms with Gasteiger partial charge in [0.2, 0.25) is 0 Å². The normalized spacial score (nSPS) is 11.5. The van der Waals surface area contributed by atoms with Crippen molar-refractivity contribution in [3.05, 3.63) is 28.1 Å². The van der Waals surface area contributed by atoms with E-state index in [1.807, 2.05) is 24.2 Å². The van der Waals surface area contributed by atoms with Gasteiger partial charge in [0.1, 0.15) is 11.3 Å². The molecule has 3 rings (SSSR count). The Morgan fingerprint density at radius 1 is 1.42 bits per heavy atom. The predicted octanol–water partition coefficient (Wildman–Crippen LogP) is 2.52. The van der Waals surface area contributed by atoms with E-state index in [0.717, 1.165) is 41.3 Å². The Morgan fingerprint density at radius 2 is 2.26 bits per heavy atom. The van der Waals surface area contributed by atoms with E-state index in [9.17, 15) is 0 Å². The summed E-state index contributed by atoms with van der Waals surface area (Å²) in [5, 5.41) is 6.48. The Bertz CT molecular complexity index is 697. The Hall–Kier alpha value is -1.40. The molecule has 0 unspecified atom stereocenters. The number of thiazole rings is 1. The first kappa shape index (κ1) is 12.6. The number of alkyl halides is 1. The maximum atomic E-state index is 6.00. The maximum Gasteiger partial charge on any atom is 0.158 e. The molecule has 0 saturated carbocycles. The zero-order valence-corrected chi connectivity index (χ0v) is 12.4. The summed E-state index contributed by atoms with van der Waals surface area (Å²) >= 11 is 7.62. The quantitative estimate of drug-likeness (QED) is 0.695.